The van der Waals surface area contributed by atoms with Gasteiger partial charge in [0.1, 0.15) is 0 Å². The number of hydrogen-bond acceptors (Lipinski definition) is 0. The van der Waals surface area contributed by atoms with Crippen LogP contribution in [0, 0.1) is 69.0 Å². The lowest BCUT2D eigenvalue weighted by Gasteiger charge is -2.20. The van der Waals surface area contributed by atoms with Crippen molar-refractivity contribution in [2.75, 3.05) is 0 Å². The molecule has 0 N–H and O–H groups in total. The van der Waals surface area contributed by atoms with Gasteiger partial charge in [-0.05, 0) is 93.0 Å². The van der Waals surface area contributed by atoms with Gasteiger partial charge in [0.05, 0.1) is 22.3 Å². The van der Waals surface area contributed by atoms with Crippen LogP contribution < -0.4 is 0 Å². The van der Waals surface area contributed by atoms with E-state index in [0.29, 0.717) is 0 Å². The van der Waals surface area contributed by atoms with Gasteiger partial charge in [-0.15, -0.1) is 0 Å². The molecule has 0 heteroatoms. The number of benzene rings is 8. The normalized spacial score (nSPS) is 10.8. The summed E-state index contributed by atoms with van der Waals surface area (Å²) in [4.78, 5) is 0. The van der Waals surface area contributed by atoms with Crippen LogP contribution in [0.3, 0.4) is 0 Å². The zero-order chi connectivity index (χ0) is 55.8. The highest BCUT2D eigenvalue weighted by molar-refractivity contribution is 5.67. The summed E-state index contributed by atoms with van der Waals surface area (Å²) in [6, 6.07) is 75.4. The summed E-state index contributed by atoms with van der Waals surface area (Å²) in [7, 11) is 0. The molecule has 0 aliphatic carbocycles. The molecule has 0 saturated heterocycles. The Kier molecular flexibility index (Phi) is 18.7. The number of allylic oxidation sites excluding steroid dienone is 2. The summed E-state index contributed by atoms with van der Waals surface area (Å²) in [5.74, 6) is 27.2. The summed E-state index contributed by atoms with van der Waals surface area (Å²) in [5.41, 5.74) is 24.0. The Balaban J connectivity index is 0.000000226. The largest absolute Gasteiger partial charge is 0.0945 e. The van der Waals surface area contributed by atoms with Crippen molar-refractivity contribution in [1.82, 2.24) is 0 Å². The summed E-state index contributed by atoms with van der Waals surface area (Å²) >= 11 is 0. The van der Waals surface area contributed by atoms with Gasteiger partial charge in [0.15, 0.2) is 0 Å². The molecule has 78 heavy (non-hydrogen) atoms. The first-order valence-corrected chi connectivity index (χ1v) is 26.9. The van der Waals surface area contributed by atoms with Gasteiger partial charge in [-0.1, -0.05) is 312 Å². The monoisotopic (exact) mass is 1010 g/mol. The van der Waals surface area contributed by atoms with Crippen LogP contribution in [-0.2, 0) is 0 Å². The molecule has 384 valence electrons. The lowest BCUT2D eigenvalue weighted by atomic mass is 9.82. The highest BCUT2D eigenvalue weighted by Gasteiger charge is 2.21. The summed E-state index contributed by atoms with van der Waals surface area (Å²) < 4.78 is 0. The molecular formula is C78H72. The van der Waals surface area contributed by atoms with E-state index in [1.165, 1.54) is 44.5 Å². The van der Waals surface area contributed by atoms with E-state index in [1.54, 1.807) is 0 Å². The average Bonchev–Trinajstić information content (AvgIpc) is 3.43. The van der Waals surface area contributed by atoms with Crippen LogP contribution in [0.2, 0.25) is 0 Å². The van der Waals surface area contributed by atoms with Crippen LogP contribution in [0.15, 0.2) is 252 Å². The van der Waals surface area contributed by atoms with E-state index in [1.807, 2.05) is 24.3 Å². The fraction of sp³-hybridized carbons (Fsp3) is 0.205. The Morgan fingerprint density at radius 3 is 0.513 bits per heavy atom. The van der Waals surface area contributed by atoms with Crippen molar-refractivity contribution >= 4 is 0 Å². The van der Waals surface area contributed by atoms with Crippen molar-refractivity contribution in [3.8, 4) is 91.9 Å². The lowest BCUT2D eigenvalue weighted by Crippen LogP contribution is -2.11. The van der Waals surface area contributed by atoms with E-state index < -0.39 is 0 Å². The Labute approximate surface area is 468 Å². The zero-order valence-electron chi connectivity index (χ0n) is 47.8. The topological polar surface area (TPSA) is 0 Å². The zero-order valence-corrected chi connectivity index (χ0v) is 47.8. The van der Waals surface area contributed by atoms with Gasteiger partial charge in [-0.25, -0.2) is 0 Å². The predicted octanol–water partition coefficient (Wildman–Crippen LogP) is 19.9. The smallest absolute Gasteiger partial charge is 0.0505 e. The second-order valence-corrected chi connectivity index (χ2v) is 23.5. The fourth-order valence-corrected chi connectivity index (χ4v) is 7.92. The molecule has 8 aromatic carbocycles. The Morgan fingerprint density at radius 2 is 0.359 bits per heavy atom. The highest BCUT2D eigenvalue weighted by Crippen LogP contribution is 2.31. The van der Waals surface area contributed by atoms with Crippen LogP contribution in [0.1, 0.15) is 105 Å². The molecular weight excluding hydrogens is 937 g/mol. The molecule has 0 aliphatic heterocycles. The molecule has 0 fully saturated rings. The van der Waals surface area contributed by atoms with Crippen LogP contribution in [-0.4, -0.2) is 0 Å². The summed E-state index contributed by atoms with van der Waals surface area (Å²) in [6.45, 7) is 26.1. The van der Waals surface area contributed by atoms with E-state index >= 15 is 0 Å². The molecule has 0 amide bonds. The van der Waals surface area contributed by atoms with Crippen LogP contribution in [0.25, 0.3) is 44.5 Å². The van der Waals surface area contributed by atoms with Crippen LogP contribution in [0.4, 0.5) is 0 Å². The van der Waals surface area contributed by atoms with Crippen molar-refractivity contribution in [2.45, 2.75) is 83.1 Å². The second-order valence-electron chi connectivity index (χ2n) is 23.5. The van der Waals surface area contributed by atoms with Gasteiger partial charge < -0.3 is 0 Å². The predicted molar refractivity (Wildman–Crippen MR) is 334 cm³/mol. The third kappa shape index (κ3) is 17.0. The molecule has 0 aliphatic rings. The van der Waals surface area contributed by atoms with Gasteiger partial charge in [-0.3, -0.25) is 0 Å². The number of hydrogen-bond donors (Lipinski definition) is 0. The first kappa shape index (κ1) is 56.8. The maximum Gasteiger partial charge on any atom is 0.0505 e. The lowest BCUT2D eigenvalue weighted by molar-refractivity contribution is 0.508. The standard InChI is InChI=1S/2C39H36/c2*1-38(2,3)36(27-21-30-17-23-34(24-18-30)32-13-9-7-10-14-32)29-37(39(4,5)6)28-22-31-19-25-35(26-20-31)33-15-11-8-12-16-33/h2*7-20,23-26H,1-6H3. The van der Waals surface area contributed by atoms with Crippen molar-refractivity contribution in [2.24, 2.45) is 21.7 Å². The fourth-order valence-electron chi connectivity index (χ4n) is 7.92. The minimum atomic E-state index is -0.160. The van der Waals surface area contributed by atoms with Crippen molar-refractivity contribution in [3.05, 3.63) is 274 Å². The van der Waals surface area contributed by atoms with Gasteiger partial charge in [-0.2, -0.15) is 0 Å². The Hall–Kier alpha value is -8.96. The molecule has 0 radical (unpaired) electrons. The van der Waals surface area contributed by atoms with Gasteiger partial charge in [0.2, 0.25) is 0 Å². The Bertz CT molecular complexity index is 3180. The molecule has 0 spiro atoms. The van der Waals surface area contributed by atoms with Crippen molar-refractivity contribution < 1.29 is 0 Å². The number of rotatable bonds is 4. The van der Waals surface area contributed by atoms with E-state index in [4.69, 9.17) is 0 Å². The third-order valence-corrected chi connectivity index (χ3v) is 12.8. The molecule has 0 aromatic heterocycles. The van der Waals surface area contributed by atoms with E-state index in [0.717, 1.165) is 44.5 Å². The van der Waals surface area contributed by atoms with Crippen molar-refractivity contribution in [1.29, 1.82) is 0 Å². The summed E-state index contributed by atoms with van der Waals surface area (Å²) in [5, 5.41) is 0. The summed E-state index contributed by atoms with van der Waals surface area (Å²) in [6.07, 6.45) is 0. The van der Waals surface area contributed by atoms with E-state index in [-0.39, 0.29) is 21.7 Å². The molecule has 0 saturated carbocycles. The van der Waals surface area contributed by atoms with Gasteiger partial charge in [0, 0.05) is 43.9 Å². The molecule has 0 unspecified atom stereocenters. The molecule has 0 nitrogen and oxygen atoms in total. The molecule has 0 bridgehead atoms. The molecule has 0 heterocycles. The van der Waals surface area contributed by atoms with Crippen molar-refractivity contribution in [3.63, 3.8) is 0 Å². The molecule has 8 aromatic rings. The average molecular weight is 1010 g/mol. The highest BCUT2D eigenvalue weighted by atomic mass is 14.2. The van der Waals surface area contributed by atoms with Gasteiger partial charge >= 0.3 is 0 Å². The second kappa shape index (κ2) is 25.7. The minimum Gasteiger partial charge on any atom is -0.0945 e. The third-order valence-electron chi connectivity index (χ3n) is 12.8. The van der Waals surface area contributed by atoms with Gasteiger partial charge in [0.25, 0.3) is 0 Å². The minimum absolute atomic E-state index is 0.160. The van der Waals surface area contributed by atoms with Crippen LogP contribution in [0.5, 0.6) is 0 Å². The van der Waals surface area contributed by atoms with E-state index in [9.17, 15) is 0 Å². The molecule has 0 atom stereocenters. The SMILES string of the molecule is CC(C)(C)C(=C=C(C#Cc1ccc(-c2ccccc2)cc1)C(C)(C)C)C#Cc1ccc(-c2ccccc2)cc1.CC(C)(C)C(=C=C(C#Cc1ccc(-c2ccccc2)cc1)C(C)(C)C)C#Cc1ccc(-c2ccccc2)cc1. The molecule has 8 rings (SSSR count). The van der Waals surface area contributed by atoms with Crippen LogP contribution >= 0.6 is 0 Å². The first-order valence-electron chi connectivity index (χ1n) is 26.9. The maximum atomic E-state index is 3.64. The quantitative estimate of drug-likeness (QED) is 0.122. The maximum absolute atomic E-state index is 3.64. The Morgan fingerprint density at radius 1 is 0.205 bits per heavy atom. The first-order chi connectivity index (χ1) is 37.2. The van der Waals surface area contributed by atoms with E-state index in [2.05, 4.69) is 336 Å².